The Morgan fingerprint density at radius 1 is 1.05 bits per heavy atom. The van der Waals surface area contributed by atoms with E-state index in [0.717, 1.165) is 41.5 Å². The molecule has 2 aromatic carbocycles. The normalized spacial score (nSPS) is 13.3. The minimum atomic E-state index is -0.404. The van der Waals surface area contributed by atoms with Gasteiger partial charge in [-0.05, 0) is 42.3 Å². The number of thioether (sulfide) groups is 1. The third kappa shape index (κ3) is 5.42. The molecule has 1 saturated heterocycles. The van der Waals surface area contributed by atoms with Crippen molar-refractivity contribution in [1.82, 2.24) is 13.9 Å². The lowest BCUT2D eigenvalue weighted by molar-refractivity contribution is 0.0772. The van der Waals surface area contributed by atoms with Gasteiger partial charge in [-0.3, -0.25) is 18.6 Å². The Morgan fingerprint density at radius 2 is 1.82 bits per heavy atom. The van der Waals surface area contributed by atoms with Crippen LogP contribution in [0.5, 0.6) is 5.75 Å². The molecule has 1 amide bonds. The first-order valence-corrected chi connectivity index (χ1v) is 14.2. The topological polar surface area (TPSA) is 73.0 Å². The number of rotatable bonds is 5. The first-order chi connectivity index (χ1) is 18.4. The molecule has 0 aliphatic carbocycles. The predicted octanol–water partition coefficient (Wildman–Crippen LogP) is 3.67. The summed E-state index contributed by atoms with van der Waals surface area (Å²) in [6, 6.07) is 14.9. The molecule has 0 unspecified atom stereocenters. The molecule has 38 heavy (non-hydrogen) atoms. The molecule has 1 aliphatic rings. The van der Waals surface area contributed by atoms with Gasteiger partial charge in [-0.15, -0.1) is 11.3 Å². The molecule has 0 N–H and O–H groups in total. The van der Waals surface area contributed by atoms with Crippen molar-refractivity contribution in [3.05, 3.63) is 103 Å². The first kappa shape index (κ1) is 25.9. The van der Waals surface area contributed by atoms with Crippen LogP contribution in [0.4, 0.5) is 0 Å². The fraction of sp³-hybridized carbons (Fsp3) is 0.276. The van der Waals surface area contributed by atoms with Crippen molar-refractivity contribution in [1.29, 1.82) is 0 Å². The second-order valence-corrected chi connectivity index (χ2v) is 11.3. The second-order valence-electron chi connectivity index (χ2n) is 9.00. The van der Waals surface area contributed by atoms with E-state index in [4.69, 9.17) is 4.74 Å². The molecule has 5 rings (SSSR count). The third-order valence-corrected chi connectivity index (χ3v) is 8.54. The van der Waals surface area contributed by atoms with E-state index in [1.807, 2.05) is 53.1 Å². The van der Waals surface area contributed by atoms with Crippen molar-refractivity contribution in [3.8, 4) is 17.6 Å². The van der Waals surface area contributed by atoms with Crippen LogP contribution in [-0.4, -0.2) is 51.5 Å². The van der Waals surface area contributed by atoms with Gasteiger partial charge in [0.2, 0.25) is 0 Å². The average molecular weight is 546 g/mol. The number of nitrogens with zero attached hydrogens (tertiary/aromatic N) is 3. The van der Waals surface area contributed by atoms with Gasteiger partial charge in [0, 0.05) is 48.3 Å². The van der Waals surface area contributed by atoms with Crippen molar-refractivity contribution in [3.63, 3.8) is 0 Å². The molecule has 4 aromatic rings. The Balaban J connectivity index is 1.37. The van der Waals surface area contributed by atoms with Crippen LogP contribution in [0.15, 0.2) is 64.3 Å². The Bertz CT molecular complexity index is 1670. The number of hydrogen-bond acceptors (Lipinski definition) is 6. The summed E-state index contributed by atoms with van der Waals surface area (Å²) in [5, 5.41) is 0. The maximum atomic E-state index is 13.3. The third-order valence-electron chi connectivity index (χ3n) is 6.47. The van der Waals surface area contributed by atoms with E-state index >= 15 is 0 Å². The smallest absolute Gasteiger partial charge is 0.336 e. The molecule has 0 saturated carbocycles. The monoisotopic (exact) mass is 545 g/mol. The van der Waals surface area contributed by atoms with Gasteiger partial charge in [0.1, 0.15) is 10.6 Å². The highest BCUT2D eigenvalue weighted by Crippen LogP contribution is 2.18. The molecule has 2 aromatic heterocycles. The minimum absolute atomic E-state index is 0.0182. The Kier molecular flexibility index (Phi) is 7.72. The molecule has 0 atom stereocenters. The first-order valence-electron chi connectivity index (χ1n) is 12.3. The summed E-state index contributed by atoms with van der Waals surface area (Å²) < 4.78 is 8.00. The molecule has 1 aliphatic heterocycles. The summed E-state index contributed by atoms with van der Waals surface area (Å²) in [5.74, 6) is 8.98. The highest BCUT2D eigenvalue weighted by molar-refractivity contribution is 7.99. The van der Waals surface area contributed by atoms with Gasteiger partial charge >= 0.3 is 5.69 Å². The lowest BCUT2D eigenvalue weighted by Gasteiger charge is -2.26. The van der Waals surface area contributed by atoms with E-state index < -0.39 is 5.69 Å². The molecule has 3 heterocycles. The van der Waals surface area contributed by atoms with E-state index in [2.05, 4.69) is 11.8 Å². The van der Waals surface area contributed by atoms with Crippen LogP contribution in [0.25, 0.3) is 4.83 Å². The molecule has 0 radical (unpaired) electrons. The minimum Gasteiger partial charge on any atom is -0.497 e. The number of amides is 1. The second kappa shape index (κ2) is 11.3. The van der Waals surface area contributed by atoms with Gasteiger partial charge in [-0.2, -0.15) is 11.8 Å². The molecule has 1 fully saturated rings. The Hall–Kier alpha value is -3.74. The molecular weight excluding hydrogens is 518 g/mol. The number of thiazole rings is 1. The number of aromatic nitrogens is 2. The van der Waals surface area contributed by atoms with E-state index in [1.165, 1.54) is 20.3 Å². The van der Waals surface area contributed by atoms with Gasteiger partial charge in [0.15, 0.2) is 0 Å². The number of methoxy groups -OCH3 is 1. The highest BCUT2D eigenvalue weighted by Gasteiger charge is 2.19. The molecule has 0 bridgehead atoms. The average Bonchev–Trinajstić information content (AvgIpc) is 3.39. The predicted molar refractivity (Wildman–Crippen MR) is 153 cm³/mol. The van der Waals surface area contributed by atoms with Crippen molar-refractivity contribution < 1.29 is 9.53 Å². The summed E-state index contributed by atoms with van der Waals surface area (Å²) in [6.07, 6.45) is 2.24. The van der Waals surface area contributed by atoms with Crippen LogP contribution in [0.3, 0.4) is 0 Å². The summed E-state index contributed by atoms with van der Waals surface area (Å²) in [5.41, 5.74) is 2.21. The van der Waals surface area contributed by atoms with Crippen LogP contribution in [0.1, 0.15) is 31.9 Å². The maximum absolute atomic E-state index is 13.3. The molecular formula is C29H27N3O4S2. The van der Waals surface area contributed by atoms with Crippen molar-refractivity contribution in [2.24, 2.45) is 0 Å². The number of ether oxygens (including phenoxy) is 1. The number of benzene rings is 2. The zero-order chi connectivity index (χ0) is 26.6. The number of hydrogen-bond donors (Lipinski definition) is 0. The highest BCUT2D eigenvalue weighted by atomic mass is 32.2. The van der Waals surface area contributed by atoms with Crippen LogP contribution in [0, 0.1) is 18.8 Å². The molecule has 9 heteroatoms. The largest absolute Gasteiger partial charge is 0.497 e. The van der Waals surface area contributed by atoms with Gasteiger partial charge in [-0.25, -0.2) is 4.79 Å². The standard InChI is InChI=1S/C29H27N3O4S2/c1-20-26(33)31(18-22-9-11-23(12-10-22)27(34)30-13-15-37-16-14-30)29(35)32-19-25(38-28(20)32)8-4-6-21-5-3-7-24(17-21)36-2/h3,5,7,9-12,17,19H,6,13-16,18H2,1-2H3. The van der Waals surface area contributed by atoms with E-state index in [9.17, 15) is 14.4 Å². The lowest BCUT2D eigenvalue weighted by Crippen LogP contribution is -2.38. The van der Waals surface area contributed by atoms with Gasteiger partial charge in [0.05, 0.1) is 18.5 Å². The fourth-order valence-corrected chi connectivity index (χ4v) is 6.23. The van der Waals surface area contributed by atoms with Crippen LogP contribution in [-0.2, 0) is 13.0 Å². The number of aryl methyl sites for hydroxylation is 1. The zero-order valence-corrected chi connectivity index (χ0v) is 22.9. The van der Waals surface area contributed by atoms with Crippen LogP contribution in [0.2, 0.25) is 0 Å². The zero-order valence-electron chi connectivity index (χ0n) is 21.2. The number of fused-ring (bicyclic) bond motifs is 1. The fourth-order valence-electron chi connectivity index (χ4n) is 4.36. The number of carbonyl (C=O) groups excluding carboxylic acids is 1. The summed E-state index contributed by atoms with van der Waals surface area (Å²) in [4.78, 5) is 42.3. The van der Waals surface area contributed by atoms with Crippen LogP contribution < -0.4 is 16.0 Å². The van der Waals surface area contributed by atoms with Crippen molar-refractivity contribution in [2.75, 3.05) is 31.7 Å². The Labute approximate surface area is 228 Å². The van der Waals surface area contributed by atoms with Gasteiger partial charge < -0.3 is 9.64 Å². The summed E-state index contributed by atoms with van der Waals surface area (Å²) >= 11 is 3.19. The summed E-state index contributed by atoms with van der Waals surface area (Å²) in [6.45, 7) is 3.37. The van der Waals surface area contributed by atoms with Gasteiger partial charge in [-0.1, -0.05) is 36.1 Å². The maximum Gasteiger partial charge on any atom is 0.336 e. The Morgan fingerprint density at radius 3 is 2.55 bits per heavy atom. The molecule has 7 nitrogen and oxygen atoms in total. The van der Waals surface area contributed by atoms with Crippen molar-refractivity contribution in [2.45, 2.75) is 19.9 Å². The number of carbonyl (C=O) groups is 1. The summed E-state index contributed by atoms with van der Waals surface area (Å²) in [7, 11) is 1.63. The van der Waals surface area contributed by atoms with E-state index in [0.29, 0.717) is 27.3 Å². The SMILES string of the molecule is COc1cccc(CC#Cc2cn3c(=O)n(Cc4ccc(C(=O)N5CCSCC5)cc4)c(=O)c(C)c3s2)c1. The van der Waals surface area contributed by atoms with Crippen LogP contribution >= 0.6 is 23.1 Å². The van der Waals surface area contributed by atoms with E-state index in [-0.39, 0.29) is 18.0 Å². The van der Waals surface area contributed by atoms with E-state index in [1.54, 1.807) is 32.4 Å². The van der Waals surface area contributed by atoms with Crippen molar-refractivity contribution >= 4 is 33.8 Å². The molecule has 194 valence electrons. The molecule has 0 spiro atoms. The quantitative estimate of drug-likeness (QED) is 0.358. The lowest BCUT2D eigenvalue weighted by atomic mass is 10.1. The van der Waals surface area contributed by atoms with Gasteiger partial charge in [0.25, 0.3) is 11.5 Å².